The van der Waals surface area contributed by atoms with Crippen LogP contribution in [-0.2, 0) is 28.4 Å². The zero-order valence-electron chi connectivity index (χ0n) is 36.3. The van der Waals surface area contributed by atoms with Crippen LogP contribution in [-0.4, -0.2) is 181 Å². The first-order valence-corrected chi connectivity index (χ1v) is 23.4. The quantitative estimate of drug-likeness (QED) is 0.148. The van der Waals surface area contributed by atoms with Crippen LogP contribution in [0, 0.1) is 46.3 Å². The van der Waals surface area contributed by atoms with Gasteiger partial charge in [0, 0.05) is 18.6 Å². The van der Waals surface area contributed by atoms with E-state index in [2.05, 4.69) is 38.7 Å². The van der Waals surface area contributed by atoms with Gasteiger partial charge in [0.1, 0.15) is 67.1 Å². The Balaban J connectivity index is 0.952. The van der Waals surface area contributed by atoms with Gasteiger partial charge in [-0.05, 0) is 111 Å². The van der Waals surface area contributed by atoms with Gasteiger partial charge >= 0.3 is 0 Å². The maximum Gasteiger partial charge on any atom is 0.187 e. The summed E-state index contributed by atoms with van der Waals surface area (Å²) in [5.74, 6) is 4.15. The van der Waals surface area contributed by atoms with Crippen molar-refractivity contribution in [3.63, 3.8) is 0 Å². The number of aliphatic hydroxyl groups is 9. The van der Waals surface area contributed by atoms with E-state index >= 15 is 0 Å². The van der Waals surface area contributed by atoms with E-state index < -0.39 is 105 Å². The largest absolute Gasteiger partial charge is 0.394 e. The van der Waals surface area contributed by atoms with Crippen LogP contribution < -0.4 is 0 Å². The van der Waals surface area contributed by atoms with E-state index in [-0.39, 0.29) is 11.5 Å². The highest BCUT2D eigenvalue weighted by Gasteiger charge is 2.66. The molecule has 9 N–H and O–H groups in total. The second-order valence-electron chi connectivity index (χ2n) is 21.2. The van der Waals surface area contributed by atoms with Crippen molar-refractivity contribution in [2.45, 2.75) is 203 Å². The number of allylic oxidation sites excluding steroid dienone is 1. The molecule has 0 spiro atoms. The lowest BCUT2D eigenvalue weighted by molar-refractivity contribution is -0.394. The summed E-state index contributed by atoms with van der Waals surface area (Å²) in [7, 11) is 0. The fourth-order valence-corrected chi connectivity index (χ4v) is 14.7. The minimum Gasteiger partial charge on any atom is -0.394 e. The Morgan fingerprint density at radius 2 is 1.33 bits per heavy atom. The molecule has 8 fully saturated rings. The molecule has 0 aromatic carbocycles. The highest BCUT2D eigenvalue weighted by atomic mass is 16.8. The van der Waals surface area contributed by atoms with Crippen molar-refractivity contribution in [2.75, 3.05) is 19.8 Å². The fourth-order valence-electron chi connectivity index (χ4n) is 14.7. The number of rotatable bonds is 8. The van der Waals surface area contributed by atoms with Crippen LogP contribution in [0.25, 0.3) is 0 Å². The second-order valence-corrected chi connectivity index (χ2v) is 21.2. The third-order valence-corrected chi connectivity index (χ3v) is 18.0. The standard InChI is InChI=1S/C45H73NO15/c1-19-6-9-27-20(2)31-28(46(27)16-19)15-26-24-8-7-22-14-23(10-12-44(22,4)25(24)11-13-45(26,31)5)57-43-40(61-41-37(54)35(52)32(49)21(3)56-41)39(34(51)30(18-48)59-43)60-42-38(55)36(53)33(50)29(17-47)58-42/h7,19-21,23-43,47-55H,6,8-18H2,1-5H3/t19-,20+,21-,23?,24?,25?,26?,27+,28?,29+,30+,31?,32-,33+,34-,35+,36-,37+,38+,39-,40+,41+,42-,43+,44?,45?/m0/s1. The summed E-state index contributed by atoms with van der Waals surface area (Å²) in [6.07, 6.45) is -11.1. The van der Waals surface area contributed by atoms with Gasteiger partial charge in [-0.2, -0.15) is 0 Å². The van der Waals surface area contributed by atoms with Crippen LogP contribution in [0.4, 0.5) is 0 Å². The van der Waals surface area contributed by atoms with Gasteiger partial charge in [0.05, 0.1) is 25.4 Å². The molecule has 26 atom stereocenters. The molecule has 4 aliphatic carbocycles. The molecule has 61 heavy (non-hydrogen) atoms. The molecule has 16 heteroatoms. The van der Waals surface area contributed by atoms with Crippen LogP contribution in [0.5, 0.6) is 0 Å². The van der Waals surface area contributed by atoms with E-state index in [4.69, 9.17) is 28.4 Å². The van der Waals surface area contributed by atoms with Crippen LogP contribution in [0.15, 0.2) is 11.6 Å². The van der Waals surface area contributed by atoms with E-state index in [1.807, 2.05) is 0 Å². The molecule has 9 rings (SSSR count). The Bertz CT molecular complexity index is 1590. The lowest BCUT2D eigenvalue weighted by atomic mass is 9.47. The molecular formula is C45H73NO15. The molecule has 0 aromatic rings. The van der Waals surface area contributed by atoms with Crippen LogP contribution in [0.2, 0.25) is 0 Å². The van der Waals surface area contributed by atoms with Crippen molar-refractivity contribution in [3.8, 4) is 0 Å². The Labute approximate surface area is 359 Å². The number of aliphatic hydroxyl groups excluding tert-OH is 9. The number of fused-ring (bicyclic) bond motifs is 9. The Kier molecular flexibility index (Phi) is 12.7. The van der Waals surface area contributed by atoms with E-state index in [1.54, 1.807) is 0 Å². The van der Waals surface area contributed by atoms with Gasteiger partial charge in [-0.25, -0.2) is 0 Å². The maximum atomic E-state index is 11.6. The molecule has 9 aliphatic rings. The number of hydrogen-bond acceptors (Lipinski definition) is 16. The predicted octanol–water partition coefficient (Wildman–Crippen LogP) is 0.155. The van der Waals surface area contributed by atoms with Crippen molar-refractivity contribution < 1.29 is 74.4 Å². The summed E-state index contributed by atoms with van der Waals surface area (Å²) in [4.78, 5) is 2.94. The predicted molar refractivity (Wildman–Crippen MR) is 215 cm³/mol. The number of ether oxygens (including phenoxy) is 6. The molecule has 0 aromatic heterocycles. The van der Waals surface area contributed by atoms with Crippen molar-refractivity contribution >= 4 is 0 Å². The van der Waals surface area contributed by atoms with E-state index in [0.29, 0.717) is 42.1 Å². The zero-order valence-corrected chi connectivity index (χ0v) is 36.3. The molecule has 348 valence electrons. The van der Waals surface area contributed by atoms with Gasteiger partial charge in [-0.15, -0.1) is 0 Å². The van der Waals surface area contributed by atoms with Gasteiger partial charge < -0.3 is 74.4 Å². The number of hydrogen-bond donors (Lipinski definition) is 9. The minimum atomic E-state index is -1.83. The molecule has 3 saturated carbocycles. The Hall–Kier alpha value is -0.900. The van der Waals surface area contributed by atoms with Crippen LogP contribution in [0.1, 0.15) is 92.4 Å². The normalized spacial score (nSPS) is 57.3. The minimum absolute atomic E-state index is 0.00462. The van der Waals surface area contributed by atoms with Crippen LogP contribution >= 0.6 is 0 Å². The van der Waals surface area contributed by atoms with Crippen LogP contribution in [0.3, 0.4) is 0 Å². The van der Waals surface area contributed by atoms with Crippen molar-refractivity contribution in [1.29, 1.82) is 0 Å². The van der Waals surface area contributed by atoms with Gasteiger partial charge in [0.15, 0.2) is 18.9 Å². The number of nitrogens with zero attached hydrogens (tertiary/aromatic N) is 1. The Morgan fingerprint density at radius 1 is 0.672 bits per heavy atom. The van der Waals surface area contributed by atoms with E-state index in [0.717, 1.165) is 36.6 Å². The first kappa shape index (κ1) is 45.3. The average Bonchev–Trinajstić information content (AvgIpc) is 3.71. The molecular weight excluding hydrogens is 794 g/mol. The summed E-state index contributed by atoms with van der Waals surface area (Å²) in [5.41, 5.74) is 1.72. The monoisotopic (exact) mass is 867 g/mol. The molecule has 5 aliphatic heterocycles. The second kappa shape index (κ2) is 17.1. The Morgan fingerprint density at radius 3 is 2.05 bits per heavy atom. The highest BCUT2D eigenvalue weighted by molar-refractivity contribution is 5.27. The molecule has 16 nitrogen and oxygen atoms in total. The fraction of sp³-hybridized carbons (Fsp3) is 0.956. The van der Waals surface area contributed by atoms with E-state index in [1.165, 1.54) is 51.1 Å². The molecule has 0 amide bonds. The molecule has 0 radical (unpaired) electrons. The molecule has 5 heterocycles. The van der Waals surface area contributed by atoms with Gasteiger partial charge in [-0.3, -0.25) is 4.90 Å². The summed E-state index contributed by atoms with van der Waals surface area (Å²) in [5, 5.41) is 95.8. The average molecular weight is 868 g/mol. The summed E-state index contributed by atoms with van der Waals surface area (Å²) in [6.45, 7) is 11.4. The summed E-state index contributed by atoms with van der Waals surface area (Å²) >= 11 is 0. The van der Waals surface area contributed by atoms with Crippen molar-refractivity contribution in [3.05, 3.63) is 11.6 Å². The van der Waals surface area contributed by atoms with Crippen molar-refractivity contribution in [2.24, 2.45) is 46.3 Å². The third kappa shape index (κ3) is 7.42. The van der Waals surface area contributed by atoms with Crippen molar-refractivity contribution in [1.82, 2.24) is 4.90 Å². The smallest absolute Gasteiger partial charge is 0.187 e. The summed E-state index contributed by atoms with van der Waals surface area (Å²) in [6, 6.07) is 1.43. The summed E-state index contributed by atoms with van der Waals surface area (Å²) < 4.78 is 36.8. The lowest BCUT2D eigenvalue weighted by Crippen LogP contribution is -2.67. The lowest BCUT2D eigenvalue weighted by Gasteiger charge is -2.58. The first-order chi connectivity index (χ1) is 29.0. The molecule has 0 bridgehead atoms. The molecule has 8 unspecified atom stereocenters. The topological polar surface area (TPSA) is 241 Å². The first-order valence-electron chi connectivity index (χ1n) is 23.4. The molecule has 5 saturated heterocycles. The maximum absolute atomic E-state index is 11.6. The number of piperidine rings is 1. The van der Waals surface area contributed by atoms with Gasteiger partial charge in [0.2, 0.25) is 0 Å². The third-order valence-electron chi connectivity index (χ3n) is 18.0. The SMILES string of the molecule is C[C@H]1CC[C@@H]2[C@@H](C)C3C(CC4C5CC=C6CC(O[C@@H]7O[C@H](CO)[C@H](O)[C@H](O[C@@H]8O[C@H](CO)[C@@H](O)[C@H](O)[C@H]8O)[C@H]7O[C@H]7O[C@@H](C)[C@H](O)[C@@H](O)[C@H]7O)CCC6(C)C5CCC43C)N2C1. The van der Waals surface area contributed by atoms with Gasteiger partial charge in [-0.1, -0.05) is 39.3 Å². The van der Waals surface area contributed by atoms with E-state index in [9.17, 15) is 46.0 Å². The van der Waals surface area contributed by atoms with Gasteiger partial charge in [0.25, 0.3) is 0 Å². The zero-order chi connectivity index (χ0) is 43.4. The highest BCUT2D eigenvalue weighted by Crippen LogP contribution is 2.70.